The largest absolute Gasteiger partial charge is 0.458 e. The van der Waals surface area contributed by atoms with Gasteiger partial charge in [0.1, 0.15) is 18.0 Å². The zero-order chi connectivity index (χ0) is 21.2. The number of hydrogen-bond acceptors (Lipinski definition) is 7. The Balaban J connectivity index is 2.22. The number of ether oxygens (including phenoxy) is 3. The third-order valence-electron chi connectivity index (χ3n) is 7.31. The molecule has 4 aliphatic carbocycles. The van der Waals surface area contributed by atoms with E-state index < -0.39 is 47.0 Å². The fourth-order valence-corrected chi connectivity index (χ4v) is 6.63. The number of ketones is 1. The van der Waals surface area contributed by atoms with Gasteiger partial charge in [0, 0.05) is 43.9 Å². The predicted molar refractivity (Wildman–Crippen MR) is 97.8 cm³/mol. The Morgan fingerprint density at radius 3 is 1.82 bits per heavy atom. The standard InChI is InChI=1S/C21H30O7/c1-9-8-13(25)15-16-14(9)21(15,7)19(28-12(4)24)17(26-10(2)22)18(20(16,5)6)27-11(3)23/h9,14-19H,8H2,1-7H3/t9-,14-,15?,16-,17+,18+,19+,21-/m0/s1. The Hall–Kier alpha value is -1.92. The highest BCUT2D eigenvalue weighted by atomic mass is 16.6. The quantitative estimate of drug-likeness (QED) is 0.535. The maximum atomic E-state index is 13.0. The molecule has 8 atom stereocenters. The molecule has 0 amide bonds. The third kappa shape index (κ3) is 2.77. The first-order valence-corrected chi connectivity index (χ1v) is 9.87. The molecule has 0 spiro atoms. The molecule has 0 heterocycles. The van der Waals surface area contributed by atoms with Crippen molar-refractivity contribution in [2.45, 2.75) is 73.2 Å². The second-order valence-electron chi connectivity index (χ2n) is 9.50. The van der Waals surface area contributed by atoms with Crippen LogP contribution in [0, 0.1) is 34.5 Å². The summed E-state index contributed by atoms with van der Waals surface area (Å²) in [4.78, 5) is 48.9. The zero-order valence-electron chi connectivity index (χ0n) is 17.6. The Morgan fingerprint density at radius 1 is 0.857 bits per heavy atom. The molecule has 28 heavy (non-hydrogen) atoms. The molecular formula is C21H30O7. The smallest absolute Gasteiger partial charge is 0.303 e. The van der Waals surface area contributed by atoms with E-state index in [4.69, 9.17) is 14.2 Å². The van der Waals surface area contributed by atoms with E-state index in [9.17, 15) is 19.2 Å². The van der Waals surface area contributed by atoms with E-state index in [0.717, 1.165) is 0 Å². The fraction of sp³-hybridized carbons (Fsp3) is 0.810. The van der Waals surface area contributed by atoms with Gasteiger partial charge in [-0.1, -0.05) is 27.7 Å². The van der Waals surface area contributed by atoms with Gasteiger partial charge in [0.2, 0.25) is 0 Å². The van der Waals surface area contributed by atoms with E-state index in [1.54, 1.807) is 0 Å². The average Bonchev–Trinajstić information content (AvgIpc) is 2.59. The van der Waals surface area contributed by atoms with Gasteiger partial charge < -0.3 is 14.2 Å². The van der Waals surface area contributed by atoms with Crippen molar-refractivity contribution >= 4 is 23.7 Å². The molecule has 0 N–H and O–H groups in total. The molecule has 0 aliphatic heterocycles. The van der Waals surface area contributed by atoms with E-state index in [1.807, 2.05) is 27.7 Å². The van der Waals surface area contributed by atoms with E-state index >= 15 is 0 Å². The van der Waals surface area contributed by atoms with Crippen LogP contribution in [0.4, 0.5) is 0 Å². The molecule has 0 aromatic heterocycles. The maximum Gasteiger partial charge on any atom is 0.303 e. The molecule has 7 heteroatoms. The zero-order valence-corrected chi connectivity index (χ0v) is 17.6. The van der Waals surface area contributed by atoms with E-state index in [2.05, 4.69) is 0 Å². The van der Waals surface area contributed by atoms with Gasteiger partial charge in [-0.3, -0.25) is 19.2 Å². The van der Waals surface area contributed by atoms with Crippen LogP contribution in [-0.2, 0) is 33.4 Å². The summed E-state index contributed by atoms with van der Waals surface area (Å²) in [6.45, 7) is 11.7. The van der Waals surface area contributed by atoms with Crippen molar-refractivity contribution in [2.75, 3.05) is 0 Å². The minimum atomic E-state index is -0.971. The fourth-order valence-electron chi connectivity index (χ4n) is 6.63. The van der Waals surface area contributed by atoms with Gasteiger partial charge in [0.25, 0.3) is 0 Å². The monoisotopic (exact) mass is 394 g/mol. The number of rotatable bonds is 3. The van der Waals surface area contributed by atoms with Crippen LogP contribution in [-0.4, -0.2) is 42.0 Å². The summed E-state index contributed by atoms with van der Waals surface area (Å²) in [7, 11) is 0. The topological polar surface area (TPSA) is 96.0 Å². The lowest BCUT2D eigenvalue weighted by Crippen LogP contribution is -2.71. The van der Waals surface area contributed by atoms with Crippen LogP contribution in [0.2, 0.25) is 0 Å². The Morgan fingerprint density at radius 2 is 1.36 bits per heavy atom. The molecule has 1 unspecified atom stereocenters. The lowest BCUT2D eigenvalue weighted by Gasteiger charge is -2.68. The molecule has 0 aromatic carbocycles. The second-order valence-corrected chi connectivity index (χ2v) is 9.50. The van der Waals surface area contributed by atoms with Crippen LogP contribution in [0.1, 0.15) is 54.9 Å². The van der Waals surface area contributed by atoms with Gasteiger partial charge in [-0.05, 0) is 17.8 Å². The van der Waals surface area contributed by atoms with Crippen LogP contribution < -0.4 is 0 Å². The number of carbonyl (C=O) groups is 4. The normalized spacial score (nSPS) is 43.2. The summed E-state index contributed by atoms with van der Waals surface area (Å²) < 4.78 is 17.0. The molecule has 0 aromatic rings. The van der Waals surface area contributed by atoms with E-state index in [0.29, 0.717) is 6.42 Å². The average molecular weight is 394 g/mol. The SMILES string of the molecule is CC(=O)O[C@@H]1[C@@H](OC(C)=O)C(C)(C)[C@@H]2C3C(=O)C[C@H](C)[C@@H]2[C@]3(C)[C@@H]1OC(C)=O. The minimum absolute atomic E-state index is 0.0447. The first-order valence-electron chi connectivity index (χ1n) is 9.87. The molecule has 4 saturated carbocycles. The first kappa shape index (κ1) is 20.8. The summed E-state index contributed by atoms with van der Waals surface area (Å²) >= 11 is 0. The highest BCUT2D eigenvalue weighted by Crippen LogP contribution is 2.73. The Bertz CT molecular complexity index is 726. The molecule has 0 radical (unpaired) electrons. The predicted octanol–water partition coefficient (Wildman–Crippen LogP) is 2.30. The first-order chi connectivity index (χ1) is 12.8. The summed E-state index contributed by atoms with van der Waals surface area (Å²) in [6.07, 6.45) is -2.17. The van der Waals surface area contributed by atoms with Crippen molar-refractivity contribution in [2.24, 2.45) is 34.5 Å². The summed E-state index contributed by atoms with van der Waals surface area (Å²) in [5.41, 5.74) is -1.31. The van der Waals surface area contributed by atoms with Gasteiger partial charge >= 0.3 is 17.9 Å². The third-order valence-corrected chi connectivity index (χ3v) is 7.31. The number of esters is 3. The summed E-state index contributed by atoms with van der Waals surface area (Å²) in [5.74, 6) is -1.63. The van der Waals surface area contributed by atoms with E-state index in [1.165, 1.54) is 20.8 Å². The minimum Gasteiger partial charge on any atom is -0.458 e. The molecule has 7 nitrogen and oxygen atoms in total. The number of fused-ring (bicyclic) bond motifs is 3. The highest BCUT2D eigenvalue weighted by Gasteiger charge is 2.78. The highest BCUT2D eigenvalue weighted by molar-refractivity contribution is 5.86. The maximum absolute atomic E-state index is 13.0. The van der Waals surface area contributed by atoms with E-state index in [-0.39, 0.29) is 29.5 Å². The molecule has 4 rings (SSSR count). The summed E-state index contributed by atoms with van der Waals surface area (Å²) in [6, 6.07) is 0. The van der Waals surface area contributed by atoms with Crippen molar-refractivity contribution in [3.05, 3.63) is 0 Å². The number of carbonyl (C=O) groups excluding carboxylic acids is 4. The van der Waals surface area contributed by atoms with Crippen LogP contribution in [0.3, 0.4) is 0 Å². The van der Waals surface area contributed by atoms with Crippen molar-refractivity contribution in [1.29, 1.82) is 0 Å². The van der Waals surface area contributed by atoms with Crippen LogP contribution in [0.15, 0.2) is 0 Å². The lowest BCUT2D eigenvalue weighted by molar-refractivity contribution is -0.242. The van der Waals surface area contributed by atoms with Gasteiger partial charge in [-0.15, -0.1) is 0 Å². The van der Waals surface area contributed by atoms with Crippen LogP contribution in [0.25, 0.3) is 0 Å². The molecular weight excluding hydrogens is 364 g/mol. The number of hydrogen-bond donors (Lipinski definition) is 0. The van der Waals surface area contributed by atoms with Crippen LogP contribution in [0.5, 0.6) is 0 Å². The van der Waals surface area contributed by atoms with Crippen molar-refractivity contribution < 1.29 is 33.4 Å². The van der Waals surface area contributed by atoms with Gasteiger partial charge in [0.05, 0.1) is 0 Å². The van der Waals surface area contributed by atoms with Gasteiger partial charge in [-0.2, -0.15) is 0 Å². The molecule has 0 saturated heterocycles. The second kappa shape index (κ2) is 6.56. The summed E-state index contributed by atoms with van der Waals surface area (Å²) in [5, 5.41) is 0. The van der Waals surface area contributed by atoms with Crippen molar-refractivity contribution in [3.8, 4) is 0 Å². The molecule has 4 aliphatic rings. The number of Topliss-reactive ketones (excluding diaryl/α,β-unsaturated/α-hetero) is 1. The van der Waals surface area contributed by atoms with Crippen molar-refractivity contribution in [3.63, 3.8) is 0 Å². The lowest BCUT2D eigenvalue weighted by atomic mass is 9.35. The molecule has 4 bridgehead atoms. The Kier molecular flexibility index (Phi) is 4.88. The van der Waals surface area contributed by atoms with Gasteiger partial charge in [-0.25, -0.2) is 0 Å². The molecule has 156 valence electrons. The molecule has 4 fully saturated rings. The van der Waals surface area contributed by atoms with Crippen LogP contribution >= 0.6 is 0 Å². The Labute approximate surface area is 165 Å². The van der Waals surface area contributed by atoms with Gasteiger partial charge in [0.15, 0.2) is 6.10 Å². The van der Waals surface area contributed by atoms with Crippen molar-refractivity contribution in [1.82, 2.24) is 0 Å².